The average Bonchev–Trinajstić information content (AvgIpc) is 2.94. The Morgan fingerprint density at radius 1 is 1.20 bits per heavy atom. The predicted molar refractivity (Wildman–Crippen MR) is 101 cm³/mol. The Balaban J connectivity index is 1.58. The summed E-state index contributed by atoms with van der Waals surface area (Å²) >= 11 is 6.42. The van der Waals surface area contributed by atoms with Gasteiger partial charge in [-0.05, 0) is 58.0 Å². The number of aromatic nitrogens is 2. The molecular weight excluding hydrogens is 336 g/mol. The van der Waals surface area contributed by atoms with Crippen LogP contribution >= 0.6 is 11.6 Å². The summed E-state index contributed by atoms with van der Waals surface area (Å²) in [6.45, 7) is 5.87. The van der Waals surface area contributed by atoms with Crippen molar-refractivity contribution in [3.63, 3.8) is 0 Å². The van der Waals surface area contributed by atoms with Crippen molar-refractivity contribution in [3.05, 3.63) is 46.7 Å². The molecule has 1 amide bonds. The number of amides is 1. The molecule has 1 aromatic heterocycles. The van der Waals surface area contributed by atoms with Gasteiger partial charge in [-0.15, -0.1) is 0 Å². The molecule has 25 heavy (non-hydrogen) atoms. The summed E-state index contributed by atoms with van der Waals surface area (Å²) in [6, 6.07) is 9.60. The summed E-state index contributed by atoms with van der Waals surface area (Å²) in [6.07, 6.45) is 4.88. The molecule has 1 aliphatic rings. The summed E-state index contributed by atoms with van der Waals surface area (Å²) < 4.78 is 1.61. The molecule has 2 aromatic rings. The molecule has 134 valence electrons. The highest BCUT2D eigenvalue weighted by atomic mass is 35.5. The van der Waals surface area contributed by atoms with E-state index in [1.807, 2.05) is 37.3 Å². The fourth-order valence-electron chi connectivity index (χ4n) is 3.27. The van der Waals surface area contributed by atoms with E-state index in [1.54, 1.807) is 4.68 Å². The van der Waals surface area contributed by atoms with Gasteiger partial charge in [0.15, 0.2) is 0 Å². The van der Waals surface area contributed by atoms with Gasteiger partial charge in [-0.3, -0.25) is 4.79 Å². The minimum Gasteiger partial charge on any atom is -0.352 e. The van der Waals surface area contributed by atoms with Gasteiger partial charge in [0.05, 0.1) is 16.9 Å². The van der Waals surface area contributed by atoms with Crippen LogP contribution in [0.25, 0.3) is 5.69 Å². The van der Waals surface area contributed by atoms with Crippen molar-refractivity contribution >= 4 is 17.5 Å². The highest BCUT2D eigenvalue weighted by Crippen LogP contribution is 2.23. The second kappa shape index (κ2) is 8.50. The lowest BCUT2D eigenvalue weighted by Crippen LogP contribution is -2.33. The first-order valence-corrected chi connectivity index (χ1v) is 9.35. The highest BCUT2D eigenvalue weighted by molar-refractivity contribution is 6.33. The van der Waals surface area contributed by atoms with Gasteiger partial charge in [0, 0.05) is 6.54 Å². The Hall–Kier alpha value is -1.85. The number of carbonyl (C=O) groups excluding carboxylic acids is 1. The Labute approximate surface area is 154 Å². The van der Waals surface area contributed by atoms with Crippen LogP contribution in [0.15, 0.2) is 30.3 Å². The molecule has 0 spiro atoms. The first-order chi connectivity index (χ1) is 12.2. The molecule has 3 rings (SSSR count). The first kappa shape index (κ1) is 18.0. The molecule has 1 N–H and O–H groups in total. The Morgan fingerprint density at radius 2 is 1.92 bits per heavy atom. The van der Waals surface area contributed by atoms with E-state index in [0.29, 0.717) is 23.0 Å². The number of carbonyl (C=O) groups is 1. The number of piperidine rings is 1. The summed E-state index contributed by atoms with van der Waals surface area (Å²) in [5.41, 5.74) is 1.95. The van der Waals surface area contributed by atoms with Gasteiger partial charge in [0.1, 0.15) is 5.15 Å². The summed E-state index contributed by atoms with van der Waals surface area (Å²) in [4.78, 5) is 15.0. The van der Waals surface area contributed by atoms with Crippen molar-refractivity contribution < 1.29 is 4.79 Å². The molecule has 0 radical (unpaired) electrons. The molecular formula is C19H25ClN4O. The number of halogens is 1. The Morgan fingerprint density at radius 3 is 2.64 bits per heavy atom. The summed E-state index contributed by atoms with van der Waals surface area (Å²) in [5.74, 6) is -0.150. The predicted octanol–water partition coefficient (Wildman–Crippen LogP) is 3.44. The molecule has 1 saturated heterocycles. The topological polar surface area (TPSA) is 50.2 Å². The average molecular weight is 361 g/mol. The van der Waals surface area contributed by atoms with Gasteiger partial charge in [0.2, 0.25) is 0 Å². The number of aryl methyl sites for hydroxylation is 1. The number of nitrogens with zero attached hydrogens (tertiary/aromatic N) is 3. The van der Waals surface area contributed by atoms with Gasteiger partial charge >= 0.3 is 0 Å². The SMILES string of the molecule is Cc1nn(-c2ccccc2)c(Cl)c1C(=O)NCCCN1CCCCC1. The van der Waals surface area contributed by atoms with Crippen LogP contribution in [0.2, 0.25) is 5.15 Å². The molecule has 0 saturated carbocycles. The highest BCUT2D eigenvalue weighted by Gasteiger charge is 2.20. The third-order valence-electron chi connectivity index (χ3n) is 4.62. The fraction of sp³-hybridized carbons (Fsp3) is 0.474. The minimum absolute atomic E-state index is 0.150. The van der Waals surface area contributed by atoms with E-state index >= 15 is 0 Å². The second-order valence-corrected chi connectivity index (χ2v) is 6.87. The monoisotopic (exact) mass is 360 g/mol. The normalized spacial score (nSPS) is 15.3. The first-order valence-electron chi connectivity index (χ1n) is 8.98. The van der Waals surface area contributed by atoms with Gasteiger partial charge in [-0.1, -0.05) is 36.2 Å². The lowest BCUT2D eigenvalue weighted by atomic mass is 10.1. The molecule has 1 aliphatic heterocycles. The largest absolute Gasteiger partial charge is 0.352 e. The second-order valence-electron chi connectivity index (χ2n) is 6.51. The van der Waals surface area contributed by atoms with Crippen LogP contribution in [0.3, 0.4) is 0 Å². The number of para-hydroxylation sites is 1. The van der Waals surface area contributed by atoms with Crippen molar-refractivity contribution in [3.8, 4) is 5.69 Å². The lowest BCUT2D eigenvalue weighted by molar-refractivity contribution is 0.0950. The third-order valence-corrected chi connectivity index (χ3v) is 4.97. The van der Waals surface area contributed by atoms with Gasteiger partial charge in [-0.25, -0.2) is 4.68 Å². The van der Waals surface area contributed by atoms with Crippen LogP contribution in [0.1, 0.15) is 41.7 Å². The molecule has 0 atom stereocenters. The van der Waals surface area contributed by atoms with E-state index < -0.39 is 0 Å². The van der Waals surface area contributed by atoms with Crippen molar-refractivity contribution in [1.29, 1.82) is 0 Å². The lowest BCUT2D eigenvalue weighted by Gasteiger charge is -2.26. The van der Waals surface area contributed by atoms with Gasteiger partial charge in [0.25, 0.3) is 5.91 Å². The number of rotatable bonds is 6. The zero-order chi connectivity index (χ0) is 17.6. The summed E-state index contributed by atoms with van der Waals surface area (Å²) in [7, 11) is 0. The standard InChI is InChI=1S/C19H25ClN4O/c1-15-17(18(20)24(22-15)16-9-4-2-5-10-16)19(25)21-11-8-14-23-12-6-3-7-13-23/h2,4-5,9-10H,3,6-8,11-14H2,1H3,(H,21,25). The maximum Gasteiger partial charge on any atom is 0.256 e. The number of nitrogens with one attached hydrogen (secondary N) is 1. The molecule has 0 unspecified atom stereocenters. The van der Waals surface area contributed by atoms with Crippen LogP contribution in [-0.2, 0) is 0 Å². The zero-order valence-corrected chi connectivity index (χ0v) is 15.4. The Kier molecular flexibility index (Phi) is 6.10. The fourth-order valence-corrected chi connectivity index (χ4v) is 3.63. The van der Waals surface area contributed by atoms with Crippen LogP contribution in [0.4, 0.5) is 0 Å². The van der Waals surface area contributed by atoms with Gasteiger partial charge < -0.3 is 10.2 Å². The van der Waals surface area contributed by atoms with E-state index in [0.717, 1.165) is 18.7 Å². The van der Waals surface area contributed by atoms with E-state index in [1.165, 1.54) is 32.4 Å². The molecule has 1 fully saturated rings. The van der Waals surface area contributed by atoms with E-state index in [-0.39, 0.29) is 5.91 Å². The van der Waals surface area contributed by atoms with Crippen LogP contribution in [0.5, 0.6) is 0 Å². The van der Waals surface area contributed by atoms with Crippen molar-refractivity contribution in [2.24, 2.45) is 0 Å². The molecule has 6 heteroatoms. The quantitative estimate of drug-likeness (QED) is 0.803. The number of hydrogen-bond acceptors (Lipinski definition) is 3. The smallest absolute Gasteiger partial charge is 0.256 e. The molecule has 0 aliphatic carbocycles. The van der Waals surface area contributed by atoms with Crippen molar-refractivity contribution in [2.45, 2.75) is 32.6 Å². The van der Waals surface area contributed by atoms with Crippen LogP contribution in [0, 0.1) is 6.92 Å². The van der Waals surface area contributed by atoms with E-state index in [4.69, 9.17) is 11.6 Å². The zero-order valence-electron chi connectivity index (χ0n) is 14.7. The maximum atomic E-state index is 12.5. The van der Waals surface area contributed by atoms with Crippen molar-refractivity contribution in [1.82, 2.24) is 20.0 Å². The molecule has 5 nitrogen and oxygen atoms in total. The van der Waals surface area contributed by atoms with Crippen LogP contribution in [-0.4, -0.2) is 46.8 Å². The van der Waals surface area contributed by atoms with Crippen molar-refractivity contribution in [2.75, 3.05) is 26.2 Å². The minimum atomic E-state index is -0.150. The maximum absolute atomic E-state index is 12.5. The third kappa shape index (κ3) is 4.41. The number of likely N-dealkylation sites (tertiary alicyclic amines) is 1. The van der Waals surface area contributed by atoms with E-state index in [9.17, 15) is 4.79 Å². The molecule has 0 bridgehead atoms. The molecule has 2 heterocycles. The summed E-state index contributed by atoms with van der Waals surface area (Å²) in [5, 5.41) is 7.76. The van der Waals surface area contributed by atoms with Crippen LogP contribution < -0.4 is 5.32 Å². The van der Waals surface area contributed by atoms with E-state index in [2.05, 4.69) is 15.3 Å². The van der Waals surface area contributed by atoms with Gasteiger partial charge in [-0.2, -0.15) is 5.10 Å². The molecule has 1 aromatic carbocycles. The number of benzene rings is 1. The number of hydrogen-bond donors (Lipinski definition) is 1. The Bertz CT molecular complexity index is 708.